The molecular formula is C12H7BrClN3O4. The molecule has 1 aromatic heterocycles. The van der Waals surface area contributed by atoms with Crippen molar-refractivity contribution >= 4 is 50.7 Å². The fourth-order valence-corrected chi connectivity index (χ4v) is 2.11. The van der Waals surface area contributed by atoms with Crippen LogP contribution in [0.4, 0.5) is 17.2 Å². The summed E-state index contributed by atoms with van der Waals surface area (Å²) >= 11 is 9.21. The third kappa shape index (κ3) is 3.29. The Balaban J connectivity index is 2.42. The molecule has 0 spiro atoms. The van der Waals surface area contributed by atoms with Crippen LogP contribution in [-0.2, 0) is 0 Å². The summed E-state index contributed by atoms with van der Waals surface area (Å²) in [6, 6.07) is 6.15. The van der Waals surface area contributed by atoms with Gasteiger partial charge in [0.1, 0.15) is 17.6 Å². The van der Waals surface area contributed by atoms with Crippen LogP contribution in [0.2, 0.25) is 5.02 Å². The molecule has 2 aromatic rings. The second kappa shape index (κ2) is 6.06. The average Bonchev–Trinajstić information content (AvgIpc) is 2.43. The predicted molar refractivity (Wildman–Crippen MR) is 80.3 cm³/mol. The molecule has 0 bridgehead atoms. The number of nitrogens with one attached hydrogen (secondary N) is 1. The molecule has 0 aliphatic rings. The van der Waals surface area contributed by atoms with E-state index in [0.29, 0.717) is 15.2 Å². The van der Waals surface area contributed by atoms with Crippen LogP contribution in [0.1, 0.15) is 10.4 Å². The minimum Gasteiger partial charge on any atom is -0.477 e. The Labute approximate surface area is 131 Å². The molecule has 0 unspecified atom stereocenters. The van der Waals surface area contributed by atoms with Crippen molar-refractivity contribution in [2.75, 3.05) is 5.32 Å². The molecule has 9 heteroatoms. The van der Waals surface area contributed by atoms with Gasteiger partial charge in [-0.25, -0.2) is 9.78 Å². The number of hydrogen-bond donors (Lipinski definition) is 2. The molecule has 2 rings (SSSR count). The molecule has 0 amide bonds. The smallest absolute Gasteiger partial charge is 0.342 e. The molecule has 1 aromatic carbocycles. The highest BCUT2D eigenvalue weighted by atomic mass is 79.9. The van der Waals surface area contributed by atoms with Gasteiger partial charge in [0.2, 0.25) is 0 Å². The number of carbonyl (C=O) groups is 1. The van der Waals surface area contributed by atoms with Gasteiger partial charge < -0.3 is 10.4 Å². The molecule has 108 valence electrons. The summed E-state index contributed by atoms with van der Waals surface area (Å²) < 4.78 is 0.573. The number of aromatic nitrogens is 1. The van der Waals surface area contributed by atoms with Gasteiger partial charge in [0.25, 0.3) is 0 Å². The van der Waals surface area contributed by atoms with E-state index in [0.717, 1.165) is 12.3 Å². The molecule has 0 fully saturated rings. The highest BCUT2D eigenvalue weighted by Gasteiger charge is 2.21. The Morgan fingerprint density at radius 3 is 2.81 bits per heavy atom. The van der Waals surface area contributed by atoms with Crippen molar-refractivity contribution < 1.29 is 14.8 Å². The normalized spacial score (nSPS) is 10.2. The van der Waals surface area contributed by atoms with Crippen molar-refractivity contribution in [3.63, 3.8) is 0 Å². The lowest BCUT2D eigenvalue weighted by Crippen LogP contribution is -2.05. The SMILES string of the molecule is O=C(O)c1cc(Nc2cccc(Cl)c2Br)ncc1[N+](=O)[O-]. The molecule has 0 radical (unpaired) electrons. The Bertz CT molecular complexity index is 738. The van der Waals surface area contributed by atoms with E-state index in [1.54, 1.807) is 18.2 Å². The lowest BCUT2D eigenvalue weighted by Gasteiger charge is -2.09. The van der Waals surface area contributed by atoms with Crippen LogP contribution in [-0.4, -0.2) is 21.0 Å². The van der Waals surface area contributed by atoms with Gasteiger partial charge in [-0.3, -0.25) is 10.1 Å². The molecule has 0 saturated heterocycles. The lowest BCUT2D eigenvalue weighted by molar-refractivity contribution is -0.385. The van der Waals surface area contributed by atoms with Crippen molar-refractivity contribution in [1.82, 2.24) is 4.98 Å². The average molecular weight is 373 g/mol. The number of halogens is 2. The summed E-state index contributed by atoms with van der Waals surface area (Å²) in [7, 11) is 0. The van der Waals surface area contributed by atoms with Gasteiger partial charge in [-0.2, -0.15) is 0 Å². The van der Waals surface area contributed by atoms with Crippen LogP contribution >= 0.6 is 27.5 Å². The topological polar surface area (TPSA) is 105 Å². The van der Waals surface area contributed by atoms with Gasteiger partial charge in [-0.05, 0) is 28.1 Å². The van der Waals surface area contributed by atoms with Gasteiger partial charge in [-0.15, -0.1) is 0 Å². The van der Waals surface area contributed by atoms with Crippen LogP contribution in [0.15, 0.2) is 34.9 Å². The van der Waals surface area contributed by atoms with Gasteiger partial charge in [0, 0.05) is 6.07 Å². The second-order valence-electron chi connectivity index (χ2n) is 3.88. The first-order valence-corrected chi connectivity index (χ1v) is 6.66. The number of pyridine rings is 1. The fourth-order valence-electron chi connectivity index (χ4n) is 1.57. The predicted octanol–water partition coefficient (Wildman–Crippen LogP) is 3.85. The van der Waals surface area contributed by atoms with Gasteiger partial charge >= 0.3 is 11.7 Å². The number of nitrogens with zero attached hydrogens (tertiary/aromatic N) is 2. The van der Waals surface area contributed by atoms with Crippen LogP contribution in [0.25, 0.3) is 0 Å². The Kier molecular flexibility index (Phi) is 4.39. The largest absolute Gasteiger partial charge is 0.477 e. The number of benzene rings is 1. The van der Waals surface area contributed by atoms with E-state index in [-0.39, 0.29) is 5.82 Å². The molecule has 0 saturated carbocycles. The Hall–Kier alpha value is -2.19. The van der Waals surface area contributed by atoms with E-state index >= 15 is 0 Å². The van der Waals surface area contributed by atoms with Crippen molar-refractivity contribution in [2.24, 2.45) is 0 Å². The number of carboxylic acid groups (broad SMARTS) is 1. The molecule has 0 atom stereocenters. The minimum atomic E-state index is -1.41. The fraction of sp³-hybridized carbons (Fsp3) is 0. The summed E-state index contributed by atoms with van der Waals surface area (Å²) in [5.74, 6) is -1.25. The van der Waals surface area contributed by atoms with Crippen molar-refractivity contribution in [2.45, 2.75) is 0 Å². The highest BCUT2D eigenvalue weighted by molar-refractivity contribution is 9.10. The Morgan fingerprint density at radius 2 is 2.19 bits per heavy atom. The molecule has 1 heterocycles. The summed E-state index contributed by atoms with van der Waals surface area (Å²) in [4.78, 5) is 24.8. The second-order valence-corrected chi connectivity index (χ2v) is 5.08. The summed E-state index contributed by atoms with van der Waals surface area (Å²) in [6.45, 7) is 0. The third-order valence-electron chi connectivity index (χ3n) is 2.52. The summed E-state index contributed by atoms with van der Waals surface area (Å²) in [6.07, 6.45) is 0.893. The van der Waals surface area contributed by atoms with E-state index in [1.165, 1.54) is 0 Å². The van der Waals surface area contributed by atoms with Crippen LogP contribution in [0.5, 0.6) is 0 Å². The van der Waals surface area contributed by atoms with Gasteiger partial charge in [0.05, 0.1) is 20.1 Å². The molecule has 0 aliphatic carbocycles. The molecule has 2 N–H and O–H groups in total. The first-order chi connectivity index (χ1) is 9.90. The maximum absolute atomic E-state index is 11.1. The third-order valence-corrected chi connectivity index (χ3v) is 3.92. The number of nitro groups is 1. The van der Waals surface area contributed by atoms with E-state index < -0.39 is 22.1 Å². The number of hydrogen-bond acceptors (Lipinski definition) is 5. The van der Waals surface area contributed by atoms with Crippen molar-refractivity contribution in [3.05, 3.63) is 55.6 Å². The number of carboxylic acids is 1. The van der Waals surface area contributed by atoms with E-state index in [1.807, 2.05) is 0 Å². The summed E-state index contributed by atoms with van der Waals surface area (Å²) in [5, 5.41) is 23.1. The van der Waals surface area contributed by atoms with E-state index in [4.69, 9.17) is 16.7 Å². The number of anilines is 2. The number of rotatable bonds is 4. The first kappa shape index (κ1) is 15.2. The zero-order valence-corrected chi connectivity index (χ0v) is 12.6. The van der Waals surface area contributed by atoms with Crippen molar-refractivity contribution in [3.8, 4) is 0 Å². The molecular weight excluding hydrogens is 366 g/mol. The van der Waals surface area contributed by atoms with Crippen LogP contribution < -0.4 is 5.32 Å². The summed E-state index contributed by atoms with van der Waals surface area (Å²) in [5.41, 5.74) is -0.464. The molecule has 0 aliphatic heterocycles. The maximum Gasteiger partial charge on any atom is 0.342 e. The maximum atomic E-state index is 11.1. The van der Waals surface area contributed by atoms with Gasteiger partial charge in [-0.1, -0.05) is 17.7 Å². The first-order valence-electron chi connectivity index (χ1n) is 5.49. The number of aromatic carboxylic acids is 1. The minimum absolute atomic E-state index is 0.154. The van der Waals surface area contributed by atoms with Crippen molar-refractivity contribution in [1.29, 1.82) is 0 Å². The highest BCUT2D eigenvalue weighted by Crippen LogP contribution is 2.32. The molecule has 21 heavy (non-hydrogen) atoms. The van der Waals surface area contributed by atoms with E-state index in [9.17, 15) is 14.9 Å². The standard InChI is InChI=1S/C12H7BrClN3O4/c13-11-7(14)2-1-3-8(11)16-10-4-6(12(18)19)9(5-15-10)17(20)21/h1-5H,(H,15,16)(H,18,19). The van der Waals surface area contributed by atoms with E-state index in [2.05, 4.69) is 26.2 Å². The zero-order valence-electron chi connectivity index (χ0n) is 10.2. The molecule has 7 nitrogen and oxygen atoms in total. The Morgan fingerprint density at radius 1 is 1.48 bits per heavy atom. The van der Waals surface area contributed by atoms with Crippen LogP contribution in [0.3, 0.4) is 0 Å². The lowest BCUT2D eigenvalue weighted by atomic mass is 10.2. The van der Waals surface area contributed by atoms with Gasteiger partial charge in [0.15, 0.2) is 0 Å². The zero-order chi connectivity index (χ0) is 15.6. The monoisotopic (exact) mass is 371 g/mol. The quantitative estimate of drug-likeness (QED) is 0.624. The van der Waals surface area contributed by atoms with Crippen LogP contribution in [0, 0.1) is 10.1 Å².